The monoisotopic (exact) mass is 340 g/mol. The minimum atomic E-state index is -5.34. The first-order valence-electron chi connectivity index (χ1n) is 4.81. The zero-order chi connectivity index (χ0) is 16.1. The molecule has 120 valence electrons. The molecule has 4 atom stereocenters. The molecule has 0 aliphatic rings. The van der Waals surface area contributed by atoms with Crippen LogP contribution in [-0.2, 0) is 22.8 Å². The normalized spacial score (nSPS) is 19.9. The van der Waals surface area contributed by atoms with E-state index >= 15 is 0 Å². The largest absolute Gasteiger partial charge is 0.481 e. The Morgan fingerprint density at radius 2 is 1.60 bits per heavy atom. The fourth-order valence-corrected chi connectivity index (χ4v) is 2.45. The van der Waals surface area contributed by atoms with Gasteiger partial charge in [-0.05, 0) is 0 Å². The van der Waals surface area contributed by atoms with Gasteiger partial charge in [0, 0.05) is 0 Å². The number of hydrogen-bond donors (Lipinski definition) is 7. The van der Waals surface area contributed by atoms with Crippen LogP contribution in [0.25, 0.3) is 0 Å². The van der Waals surface area contributed by atoms with E-state index in [1.807, 2.05) is 0 Å². The number of carbonyl (C=O) groups is 1. The molecule has 20 heavy (non-hydrogen) atoms. The van der Waals surface area contributed by atoms with E-state index < -0.39 is 53.0 Å². The van der Waals surface area contributed by atoms with Gasteiger partial charge in [-0.1, -0.05) is 0 Å². The van der Waals surface area contributed by atoms with Crippen molar-refractivity contribution in [2.24, 2.45) is 0 Å². The van der Waals surface area contributed by atoms with Crippen LogP contribution in [0.5, 0.6) is 0 Å². The zero-order valence-corrected chi connectivity index (χ0v) is 11.5. The maximum atomic E-state index is 11.2. The summed E-state index contributed by atoms with van der Waals surface area (Å²) in [5.74, 6) is -1.39. The van der Waals surface area contributed by atoms with Crippen LogP contribution in [0.1, 0.15) is 0 Å². The summed E-state index contributed by atoms with van der Waals surface area (Å²) < 4.78 is 28.5. The van der Waals surface area contributed by atoms with Crippen molar-refractivity contribution in [3.8, 4) is 0 Å². The molecule has 1 unspecified atom stereocenters. The number of aliphatic hydroxyl groups is 4. The number of aliphatic hydroxyl groups excluding tert-OH is 4. The van der Waals surface area contributed by atoms with E-state index in [0.29, 0.717) is 0 Å². The molecule has 0 saturated heterocycles. The topological polar surface area (TPSA) is 211 Å². The summed E-state index contributed by atoms with van der Waals surface area (Å²) >= 11 is 0. The minimum absolute atomic E-state index is 0.966. The molecule has 0 aromatic carbocycles. The lowest BCUT2D eigenvalue weighted by Crippen LogP contribution is -2.45. The molecule has 0 rings (SSSR count). The second-order valence-electron chi connectivity index (χ2n) is 3.47. The molecule has 0 aromatic rings. The molecular formula is C6H14O12P2. The van der Waals surface area contributed by atoms with E-state index in [9.17, 15) is 19.0 Å². The Morgan fingerprint density at radius 1 is 1.10 bits per heavy atom. The first-order valence-corrected chi connectivity index (χ1v) is 7.84. The summed E-state index contributed by atoms with van der Waals surface area (Å²) in [6.07, 6.45) is -6.19. The molecule has 7 N–H and O–H groups in total. The van der Waals surface area contributed by atoms with Crippen molar-refractivity contribution in [2.45, 2.75) is 18.3 Å². The highest BCUT2D eigenvalue weighted by Crippen LogP contribution is 2.57. The second-order valence-corrected chi connectivity index (χ2v) is 6.30. The van der Waals surface area contributed by atoms with Crippen molar-refractivity contribution in [3.63, 3.8) is 0 Å². The predicted molar refractivity (Wildman–Crippen MR) is 59.0 cm³/mol. The van der Waals surface area contributed by atoms with Gasteiger partial charge in [0.2, 0.25) is 0 Å². The second kappa shape index (κ2) is 7.69. The van der Waals surface area contributed by atoms with E-state index in [-0.39, 0.29) is 0 Å². The van der Waals surface area contributed by atoms with E-state index in [0.717, 1.165) is 0 Å². The minimum Gasteiger partial charge on any atom is -0.394 e. The Balaban J connectivity index is 4.49. The highest BCUT2D eigenvalue weighted by atomic mass is 31.3. The van der Waals surface area contributed by atoms with Crippen LogP contribution in [0.4, 0.5) is 0 Å². The number of ketones is 1. The maximum Gasteiger partial charge on any atom is 0.481 e. The van der Waals surface area contributed by atoms with Gasteiger partial charge in [0.25, 0.3) is 0 Å². The lowest BCUT2D eigenvalue weighted by atomic mass is 10.1. The van der Waals surface area contributed by atoms with Crippen LogP contribution < -0.4 is 0 Å². The van der Waals surface area contributed by atoms with Crippen LogP contribution >= 0.6 is 15.6 Å². The molecule has 0 amide bonds. The molecule has 0 radical (unpaired) electrons. The molecule has 0 fully saturated rings. The van der Waals surface area contributed by atoms with Gasteiger partial charge in [-0.3, -0.25) is 9.32 Å². The van der Waals surface area contributed by atoms with Gasteiger partial charge in [0.1, 0.15) is 24.9 Å². The van der Waals surface area contributed by atoms with Crippen LogP contribution in [0.15, 0.2) is 0 Å². The first kappa shape index (κ1) is 19.8. The predicted octanol–water partition coefficient (Wildman–Crippen LogP) is -3.14. The lowest BCUT2D eigenvalue weighted by molar-refractivity contribution is -0.142. The lowest BCUT2D eigenvalue weighted by Gasteiger charge is -2.20. The summed E-state index contributed by atoms with van der Waals surface area (Å²) in [5.41, 5.74) is 0. The molecule has 0 aliphatic carbocycles. The molecule has 14 heteroatoms. The number of carbonyl (C=O) groups excluding carboxylic acids is 1. The van der Waals surface area contributed by atoms with Crippen LogP contribution in [0.3, 0.4) is 0 Å². The molecule has 0 heterocycles. The molecule has 12 nitrogen and oxygen atoms in total. The van der Waals surface area contributed by atoms with Crippen LogP contribution in [0.2, 0.25) is 0 Å². The van der Waals surface area contributed by atoms with Gasteiger partial charge in [-0.25, -0.2) is 9.13 Å². The van der Waals surface area contributed by atoms with Crippen molar-refractivity contribution in [3.05, 3.63) is 0 Å². The average Bonchev–Trinajstić information content (AvgIpc) is 2.30. The summed E-state index contributed by atoms with van der Waals surface area (Å²) in [6, 6.07) is 0. The highest BCUT2D eigenvalue weighted by Gasteiger charge is 2.35. The van der Waals surface area contributed by atoms with Gasteiger partial charge >= 0.3 is 15.6 Å². The molecular weight excluding hydrogens is 326 g/mol. The van der Waals surface area contributed by atoms with Gasteiger partial charge in [0.15, 0.2) is 5.78 Å². The Hall–Kier alpha value is -0.230. The van der Waals surface area contributed by atoms with Gasteiger partial charge < -0.3 is 35.1 Å². The number of phosphoric acid groups is 2. The van der Waals surface area contributed by atoms with Crippen LogP contribution in [-0.4, -0.2) is 72.4 Å². The summed E-state index contributed by atoms with van der Waals surface area (Å²) in [5, 5.41) is 35.8. The van der Waals surface area contributed by atoms with E-state index in [2.05, 4.69) is 8.83 Å². The molecule has 0 bridgehead atoms. The molecule has 0 saturated carbocycles. The van der Waals surface area contributed by atoms with E-state index in [4.69, 9.17) is 30.0 Å². The van der Waals surface area contributed by atoms with Crippen molar-refractivity contribution >= 4 is 21.4 Å². The number of phosphoric ester groups is 1. The maximum absolute atomic E-state index is 11.2. The highest BCUT2D eigenvalue weighted by molar-refractivity contribution is 7.60. The smallest absolute Gasteiger partial charge is 0.394 e. The summed E-state index contributed by atoms with van der Waals surface area (Å²) in [4.78, 5) is 36.5. The fraction of sp³-hybridized carbons (Fsp3) is 0.833. The van der Waals surface area contributed by atoms with Crippen molar-refractivity contribution in [1.82, 2.24) is 0 Å². The van der Waals surface area contributed by atoms with Crippen molar-refractivity contribution in [2.75, 3.05) is 13.2 Å². The third kappa shape index (κ3) is 7.53. The van der Waals surface area contributed by atoms with E-state index in [1.54, 1.807) is 0 Å². The van der Waals surface area contributed by atoms with Gasteiger partial charge in [0.05, 0.1) is 6.61 Å². The number of Topliss-reactive ketones (excluding diaryl/α,β-unsaturated/α-hetero) is 1. The average molecular weight is 340 g/mol. The Morgan fingerprint density at radius 3 is 2.00 bits per heavy atom. The quantitative estimate of drug-likeness (QED) is 0.207. The van der Waals surface area contributed by atoms with Crippen molar-refractivity contribution < 1.29 is 57.9 Å². The zero-order valence-electron chi connectivity index (χ0n) is 9.71. The molecule has 0 aromatic heterocycles. The van der Waals surface area contributed by atoms with E-state index in [1.165, 1.54) is 0 Å². The number of rotatable bonds is 9. The molecule has 0 aliphatic heterocycles. The van der Waals surface area contributed by atoms with Crippen molar-refractivity contribution in [1.29, 1.82) is 0 Å². The van der Waals surface area contributed by atoms with Gasteiger partial charge in [-0.15, -0.1) is 0 Å². The number of hydrogen-bond acceptors (Lipinski definition) is 9. The standard InChI is InChI=1S/C6H14O12P2/c7-1-3(8)5(10)6(11)4(9)2-17-20(15,16)18-19(12,13)14/h3,5-8,10-11H,1-2H2,(H,15,16)(H2,12,13,14)/t3-,5+,6-/m1/s1. The summed E-state index contributed by atoms with van der Waals surface area (Å²) in [7, 11) is -10.6. The third-order valence-electron chi connectivity index (χ3n) is 1.81. The SMILES string of the molecule is O=C(COP(=O)(O)OP(=O)(O)O)[C@@H](O)[C@@H](O)[C@H](O)CO. The van der Waals surface area contributed by atoms with Crippen LogP contribution in [0, 0.1) is 0 Å². The molecule has 0 spiro atoms. The van der Waals surface area contributed by atoms with Gasteiger partial charge in [-0.2, -0.15) is 4.31 Å². The summed E-state index contributed by atoms with van der Waals surface area (Å²) in [6.45, 7) is -2.31. The fourth-order valence-electron chi connectivity index (χ4n) is 0.897. The Bertz CT molecular complexity index is 416. The Kier molecular flexibility index (Phi) is 7.60. The Labute approximate surface area is 112 Å². The first-order chi connectivity index (χ1) is 8.89. The third-order valence-corrected chi connectivity index (χ3v) is 3.95.